The van der Waals surface area contributed by atoms with E-state index in [1.54, 1.807) is 12.1 Å². The highest BCUT2D eigenvalue weighted by Gasteiger charge is 2.31. The third-order valence-corrected chi connectivity index (χ3v) is 4.07. The van der Waals surface area contributed by atoms with E-state index in [1.165, 1.54) is 0 Å². The summed E-state index contributed by atoms with van der Waals surface area (Å²) < 4.78 is 37.3. The van der Waals surface area contributed by atoms with Gasteiger partial charge in [-0.15, -0.1) is 0 Å². The van der Waals surface area contributed by atoms with Gasteiger partial charge in [0.1, 0.15) is 0 Å². The molecule has 100 valence electrons. The minimum atomic E-state index is -4.25. The first-order valence-electron chi connectivity index (χ1n) is 6.29. The van der Waals surface area contributed by atoms with E-state index in [0.717, 1.165) is 37.0 Å². The van der Waals surface area contributed by atoms with Crippen LogP contribution in [0, 0.1) is 11.8 Å². The molecule has 0 bridgehead atoms. The maximum absolute atomic E-state index is 12.4. The van der Waals surface area contributed by atoms with Gasteiger partial charge in [0.2, 0.25) is 0 Å². The van der Waals surface area contributed by atoms with Gasteiger partial charge in [-0.25, -0.2) is 0 Å². The van der Waals surface area contributed by atoms with Crippen LogP contribution in [0.4, 0.5) is 13.2 Å². The molecule has 18 heavy (non-hydrogen) atoms. The topological polar surface area (TPSA) is 26.0 Å². The maximum atomic E-state index is 12.4. The van der Waals surface area contributed by atoms with Gasteiger partial charge in [-0.05, 0) is 48.8 Å². The zero-order valence-electron chi connectivity index (χ0n) is 10.4. The molecular weight excluding hydrogens is 239 g/mol. The van der Waals surface area contributed by atoms with Gasteiger partial charge in [0.05, 0.1) is 5.56 Å². The van der Waals surface area contributed by atoms with E-state index in [9.17, 15) is 13.2 Å². The first kappa shape index (κ1) is 13.4. The minimum Gasteiger partial charge on any atom is -0.327 e. The van der Waals surface area contributed by atoms with Crippen LogP contribution in [0.3, 0.4) is 0 Å². The van der Waals surface area contributed by atoms with Crippen LogP contribution in [0.1, 0.15) is 30.9 Å². The largest absolute Gasteiger partial charge is 0.416 e. The molecule has 0 saturated heterocycles. The van der Waals surface area contributed by atoms with E-state index in [1.807, 2.05) is 0 Å². The quantitative estimate of drug-likeness (QED) is 0.860. The molecule has 1 saturated carbocycles. The number of nitrogens with two attached hydrogens (primary N) is 1. The summed E-state index contributed by atoms with van der Waals surface area (Å²) in [6.45, 7) is 2.13. The highest BCUT2D eigenvalue weighted by molar-refractivity contribution is 5.25. The molecule has 0 amide bonds. The zero-order valence-corrected chi connectivity index (χ0v) is 10.4. The van der Waals surface area contributed by atoms with Crippen molar-refractivity contribution < 1.29 is 13.2 Å². The molecule has 4 heteroatoms. The number of hydrogen-bond donors (Lipinski definition) is 1. The highest BCUT2D eigenvalue weighted by Crippen LogP contribution is 2.34. The SMILES string of the molecule is CC1C(N)CCC1Cc1ccc(C(F)(F)F)cc1. The van der Waals surface area contributed by atoms with E-state index < -0.39 is 11.7 Å². The molecular formula is C14H18F3N. The van der Waals surface area contributed by atoms with Crippen molar-refractivity contribution in [2.75, 3.05) is 0 Å². The molecule has 0 heterocycles. The van der Waals surface area contributed by atoms with Crippen molar-refractivity contribution in [1.82, 2.24) is 0 Å². The van der Waals surface area contributed by atoms with Crippen molar-refractivity contribution in [2.45, 2.75) is 38.4 Å². The summed E-state index contributed by atoms with van der Waals surface area (Å²) in [6, 6.07) is 5.73. The normalized spacial score (nSPS) is 28.6. The molecule has 1 fully saturated rings. The van der Waals surface area contributed by atoms with Crippen LogP contribution in [0.25, 0.3) is 0 Å². The van der Waals surface area contributed by atoms with Crippen molar-refractivity contribution in [3.63, 3.8) is 0 Å². The lowest BCUT2D eigenvalue weighted by atomic mass is 9.89. The van der Waals surface area contributed by atoms with Crippen LogP contribution >= 0.6 is 0 Å². The second kappa shape index (κ2) is 4.92. The Balaban J connectivity index is 2.03. The summed E-state index contributed by atoms with van der Waals surface area (Å²) in [5, 5.41) is 0. The average Bonchev–Trinajstić information content (AvgIpc) is 2.61. The predicted octanol–water partition coefficient (Wildman–Crippen LogP) is 3.62. The molecule has 1 aliphatic carbocycles. The molecule has 1 aliphatic rings. The first-order valence-corrected chi connectivity index (χ1v) is 6.29. The molecule has 0 radical (unpaired) electrons. The monoisotopic (exact) mass is 257 g/mol. The van der Waals surface area contributed by atoms with Gasteiger partial charge in [0.15, 0.2) is 0 Å². The molecule has 1 nitrogen and oxygen atoms in total. The molecule has 1 aromatic carbocycles. The molecule has 2 N–H and O–H groups in total. The van der Waals surface area contributed by atoms with Crippen LogP contribution in [-0.2, 0) is 12.6 Å². The smallest absolute Gasteiger partial charge is 0.327 e. The fourth-order valence-electron chi connectivity index (χ4n) is 2.70. The standard InChI is InChI=1S/C14H18F3N/c1-9-11(4-7-13(9)18)8-10-2-5-12(6-3-10)14(15,16)17/h2-3,5-6,9,11,13H,4,7-8,18H2,1H3. The lowest BCUT2D eigenvalue weighted by Crippen LogP contribution is -2.25. The molecule has 0 aromatic heterocycles. The van der Waals surface area contributed by atoms with E-state index in [4.69, 9.17) is 5.73 Å². The van der Waals surface area contributed by atoms with Gasteiger partial charge in [-0.1, -0.05) is 19.1 Å². The summed E-state index contributed by atoms with van der Waals surface area (Å²) in [5.41, 5.74) is 6.34. The Labute approximate surface area is 105 Å². The second-order valence-corrected chi connectivity index (χ2v) is 5.26. The number of hydrogen-bond acceptors (Lipinski definition) is 1. The minimum absolute atomic E-state index is 0.240. The first-order chi connectivity index (χ1) is 8.38. The Hall–Kier alpha value is -1.03. The molecule has 1 aromatic rings. The lowest BCUT2D eigenvalue weighted by Gasteiger charge is -2.18. The Bertz CT molecular complexity index is 396. The average molecular weight is 257 g/mol. The predicted molar refractivity (Wildman–Crippen MR) is 65.0 cm³/mol. The molecule has 0 aliphatic heterocycles. The number of halogens is 3. The van der Waals surface area contributed by atoms with Gasteiger partial charge in [-0.3, -0.25) is 0 Å². The van der Waals surface area contributed by atoms with E-state index in [-0.39, 0.29) is 6.04 Å². The second-order valence-electron chi connectivity index (χ2n) is 5.26. The van der Waals surface area contributed by atoms with Crippen LogP contribution in [0.2, 0.25) is 0 Å². The summed E-state index contributed by atoms with van der Waals surface area (Å²) >= 11 is 0. The molecule has 2 rings (SSSR count). The van der Waals surface area contributed by atoms with Crippen LogP contribution in [0.5, 0.6) is 0 Å². The third-order valence-electron chi connectivity index (χ3n) is 4.07. The van der Waals surface area contributed by atoms with Crippen molar-refractivity contribution in [1.29, 1.82) is 0 Å². The van der Waals surface area contributed by atoms with Crippen LogP contribution in [0.15, 0.2) is 24.3 Å². The van der Waals surface area contributed by atoms with Gasteiger partial charge in [0.25, 0.3) is 0 Å². The summed E-state index contributed by atoms with van der Waals surface area (Å²) in [5.74, 6) is 0.948. The van der Waals surface area contributed by atoms with Crippen molar-refractivity contribution in [3.05, 3.63) is 35.4 Å². The fraction of sp³-hybridized carbons (Fsp3) is 0.571. The van der Waals surface area contributed by atoms with Crippen LogP contribution in [-0.4, -0.2) is 6.04 Å². The van der Waals surface area contributed by atoms with E-state index in [2.05, 4.69) is 6.92 Å². The molecule has 3 unspecified atom stereocenters. The maximum Gasteiger partial charge on any atom is 0.416 e. The van der Waals surface area contributed by atoms with Gasteiger partial charge in [0, 0.05) is 6.04 Å². The van der Waals surface area contributed by atoms with Crippen molar-refractivity contribution in [2.24, 2.45) is 17.6 Å². The fourth-order valence-corrected chi connectivity index (χ4v) is 2.70. The van der Waals surface area contributed by atoms with E-state index in [0.29, 0.717) is 11.8 Å². The van der Waals surface area contributed by atoms with E-state index >= 15 is 0 Å². The lowest BCUT2D eigenvalue weighted by molar-refractivity contribution is -0.137. The van der Waals surface area contributed by atoms with Crippen molar-refractivity contribution in [3.8, 4) is 0 Å². The number of rotatable bonds is 2. The summed E-state index contributed by atoms with van der Waals surface area (Å²) in [4.78, 5) is 0. The Kier molecular flexibility index (Phi) is 3.66. The Morgan fingerprint density at radius 2 is 1.78 bits per heavy atom. The third kappa shape index (κ3) is 2.86. The highest BCUT2D eigenvalue weighted by atomic mass is 19.4. The van der Waals surface area contributed by atoms with Gasteiger partial charge >= 0.3 is 6.18 Å². The van der Waals surface area contributed by atoms with Crippen LogP contribution < -0.4 is 5.73 Å². The Morgan fingerprint density at radius 1 is 1.17 bits per heavy atom. The number of alkyl halides is 3. The Morgan fingerprint density at radius 3 is 2.22 bits per heavy atom. The van der Waals surface area contributed by atoms with Gasteiger partial charge in [-0.2, -0.15) is 13.2 Å². The number of benzene rings is 1. The summed E-state index contributed by atoms with van der Waals surface area (Å²) in [7, 11) is 0. The van der Waals surface area contributed by atoms with Crippen molar-refractivity contribution >= 4 is 0 Å². The molecule has 3 atom stereocenters. The molecule has 0 spiro atoms. The summed E-state index contributed by atoms with van der Waals surface area (Å²) in [6.07, 6.45) is -1.33. The zero-order chi connectivity index (χ0) is 13.3. The van der Waals surface area contributed by atoms with Gasteiger partial charge < -0.3 is 5.73 Å².